The van der Waals surface area contributed by atoms with Crippen LogP contribution in [0.1, 0.15) is 59.3 Å². The van der Waals surface area contributed by atoms with Gasteiger partial charge in [-0.15, -0.1) is 12.4 Å². The maximum Gasteiger partial charge on any atom is 0.223 e. The van der Waals surface area contributed by atoms with E-state index in [9.17, 15) is 4.79 Å². The first-order valence-electron chi connectivity index (χ1n) is 7.90. The number of rotatable bonds is 2. The van der Waals surface area contributed by atoms with Crippen LogP contribution in [0.5, 0.6) is 0 Å². The average molecular weight is 301 g/mol. The molecule has 3 nitrogen and oxygen atoms in total. The molecule has 20 heavy (non-hydrogen) atoms. The predicted molar refractivity (Wildman–Crippen MR) is 83.7 cm³/mol. The van der Waals surface area contributed by atoms with Crippen molar-refractivity contribution in [3.63, 3.8) is 0 Å². The number of hydrogen-bond acceptors (Lipinski definition) is 2. The number of nitrogens with two attached hydrogens (primary N) is 1. The van der Waals surface area contributed by atoms with Gasteiger partial charge in [0.15, 0.2) is 0 Å². The number of nitrogens with one attached hydrogen (secondary N) is 1. The minimum atomic E-state index is 0. The van der Waals surface area contributed by atoms with Gasteiger partial charge in [0.2, 0.25) is 5.91 Å². The van der Waals surface area contributed by atoms with Gasteiger partial charge in [-0.2, -0.15) is 0 Å². The smallest absolute Gasteiger partial charge is 0.223 e. The molecule has 1 amide bonds. The van der Waals surface area contributed by atoms with Crippen LogP contribution in [0, 0.1) is 22.7 Å². The van der Waals surface area contributed by atoms with Gasteiger partial charge in [-0.25, -0.2) is 0 Å². The van der Waals surface area contributed by atoms with Crippen LogP contribution in [0.2, 0.25) is 0 Å². The highest BCUT2D eigenvalue weighted by Crippen LogP contribution is 2.65. The summed E-state index contributed by atoms with van der Waals surface area (Å²) in [6.45, 7) is 7.16. The van der Waals surface area contributed by atoms with Crippen molar-refractivity contribution in [3.8, 4) is 0 Å². The summed E-state index contributed by atoms with van der Waals surface area (Å²) < 4.78 is 0. The van der Waals surface area contributed by atoms with Crippen LogP contribution in [0.25, 0.3) is 0 Å². The van der Waals surface area contributed by atoms with Gasteiger partial charge >= 0.3 is 0 Å². The molecule has 3 aliphatic rings. The van der Waals surface area contributed by atoms with Crippen molar-refractivity contribution in [2.75, 3.05) is 0 Å². The molecule has 116 valence electrons. The Morgan fingerprint density at radius 1 is 1.15 bits per heavy atom. The third kappa shape index (κ3) is 2.18. The van der Waals surface area contributed by atoms with Crippen molar-refractivity contribution in [2.24, 2.45) is 28.4 Å². The molecule has 0 aromatic carbocycles. The molecule has 0 aromatic heterocycles. The lowest BCUT2D eigenvalue weighted by atomic mass is 9.69. The molecule has 3 fully saturated rings. The van der Waals surface area contributed by atoms with Crippen molar-refractivity contribution in [1.29, 1.82) is 0 Å². The minimum absolute atomic E-state index is 0. The van der Waals surface area contributed by atoms with E-state index in [1.807, 2.05) is 0 Å². The van der Waals surface area contributed by atoms with E-state index in [-0.39, 0.29) is 35.7 Å². The van der Waals surface area contributed by atoms with E-state index in [1.54, 1.807) is 0 Å². The van der Waals surface area contributed by atoms with Crippen LogP contribution in [-0.4, -0.2) is 18.0 Å². The molecule has 4 heteroatoms. The summed E-state index contributed by atoms with van der Waals surface area (Å²) >= 11 is 0. The maximum absolute atomic E-state index is 12.4. The summed E-state index contributed by atoms with van der Waals surface area (Å²) in [5, 5.41) is 3.37. The standard InChI is InChI=1S/C16H28N2O.ClH/c1-15(2)11-6-7-16(15,3)13(9-11)18-14(19)10-4-5-12(17)8-10;/h10-13H,4-9,17H2,1-3H3,(H,18,19);1H. The van der Waals surface area contributed by atoms with Crippen molar-refractivity contribution in [1.82, 2.24) is 5.32 Å². The second-order valence-corrected chi connectivity index (χ2v) is 7.94. The lowest BCUT2D eigenvalue weighted by molar-refractivity contribution is -0.126. The van der Waals surface area contributed by atoms with E-state index >= 15 is 0 Å². The summed E-state index contributed by atoms with van der Waals surface area (Å²) in [5.41, 5.74) is 6.58. The van der Waals surface area contributed by atoms with Gasteiger partial charge in [0.25, 0.3) is 0 Å². The fraction of sp³-hybridized carbons (Fsp3) is 0.938. The van der Waals surface area contributed by atoms with E-state index in [0.717, 1.165) is 25.2 Å². The lowest BCUT2D eigenvalue weighted by Crippen LogP contribution is -2.48. The Labute approximate surface area is 128 Å². The molecule has 0 aliphatic heterocycles. The first-order valence-corrected chi connectivity index (χ1v) is 7.90. The summed E-state index contributed by atoms with van der Waals surface area (Å²) in [5.74, 6) is 1.22. The van der Waals surface area contributed by atoms with Crippen LogP contribution in [0.3, 0.4) is 0 Å². The molecule has 0 radical (unpaired) electrons. The Morgan fingerprint density at radius 2 is 1.85 bits per heavy atom. The molecule has 0 saturated heterocycles. The molecule has 5 atom stereocenters. The Morgan fingerprint density at radius 3 is 2.30 bits per heavy atom. The minimum Gasteiger partial charge on any atom is -0.353 e. The largest absolute Gasteiger partial charge is 0.353 e. The average Bonchev–Trinajstić information content (AvgIpc) is 2.91. The molecule has 3 N–H and O–H groups in total. The highest BCUT2D eigenvalue weighted by atomic mass is 35.5. The van der Waals surface area contributed by atoms with Crippen LogP contribution < -0.4 is 11.1 Å². The van der Waals surface area contributed by atoms with Gasteiger partial charge in [-0.1, -0.05) is 20.8 Å². The zero-order chi connectivity index (χ0) is 13.8. The molecule has 0 heterocycles. The van der Waals surface area contributed by atoms with Crippen molar-refractivity contribution >= 4 is 18.3 Å². The quantitative estimate of drug-likeness (QED) is 0.824. The highest BCUT2D eigenvalue weighted by molar-refractivity contribution is 5.85. The van der Waals surface area contributed by atoms with E-state index in [2.05, 4.69) is 26.1 Å². The number of carbonyl (C=O) groups is 1. The molecule has 5 unspecified atom stereocenters. The van der Waals surface area contributed by atoms with Gasteiger partial charge in [0.1, 0.15) is 0 Å². The first kappa shape index (κ1) is 16.1. The number of halogens is 1. The SMILES string of the molecule is CC1(C)C2CCC1(C)C(NC(=O)C1CCC(N)C1)C2.Cl. The maximum atomic E-state index is 12.4. The Kier molecular flexibility index (Phi) is 4.16. The monoisotopic (exact) mass is 300 g/mol. The second-order valence-electron chi connectivity index (χ2n) is 7.94. The van der Waals surface area contributed by atoms with E-state index in [4.69, 9.17) is 5.73 Å². The van der Waals surface area contributed by atoms with Gasteiger partial charge in [0.05, 0.1) is 0 Å². The number of fused-ring (bicyclic) bond motifs is 2. The molecule has 3 aliphatic carbocycles. The third-order valence-electron chi connectivity index (χ3n) is 6.95. The van der Waals surface area contributed by atoms with Crippen LogP contribution in [0.15, 0.2) is 0 Å². The molecule has 3 saturated carbocycles. The number of carbonyl (C=O) groups excluding carboxylic acids is 1. The topological polar surface area (TPSA) is 55.1 Å². The fourth-order valence-electron chi connectivity index (χ4n) is 4.97. The summed E-state index contributed by atoms with van der Waals surface area (Å²) in [6, 6.07) is 0.619. The third-order valence-corrected chi connectivity index (χ3v) is 6.95. The van der Waals surface area contributed by atoms with Gasteiger partial charge in [-0.3, -0.25) is 4.79 Å². The summed E-state index contributed by atoms with van der Waals surface area (Å²) in [4.78, 5) is 12.4. The van der Waals surface area contributed by atoms with E-state index in [0.29, 0.717) is 11.5 Å². The van der Waals surface area contributed by atoms with Crippen molar-refractivity contribution < 1.29 is 4.79 Å². The van der Waals surface area contributed by atoms with Crippen molar-refractivity contribution in [2.45, 2.75) is 71.4 Å². The fourth-order valence-corrected chi connectivity index (χ4v) is 4.97. The highest BCUT2D eigenvalue weighted by Gasteiger charge is 2.61. The van der Waals surface area contributed by atoms with Gasteiger partial charge in [0, 0.05) is 18.0 Å². The summed E-state index contributed by atoms with van der Waals surface area (Å²) in [7, 11) is 0. The van der Waals surface area contributed by atoms with Gasteiger partial charge in [-0.05, 0) is 55.3 Å². The Balaban J connectivity index is 0.00000147. The zero-order valence-electron chi connectivity index (χ0n) is 12.9. The summed E-state index contributed by atoms with van der Waals surface area (Å²) in [6.07, 6.45) is 6.64. The molecular weight excluding hydrogens is 272 g/mol. The van der Waals surface area contributed by atoms with Crippen LogP contribution in [-0.2, 0) is 4.79 Å². The molecule has 2 bridgehead atoms. The van der Waals surface area contributed by atoms with Crippen LogP contribution in [0.4, 0.5) is 0 Å². The second kappa shape index (κ2) is 5.17. The van der Waals surface area contributed by atoms with E-state index in [1.165, 1.54) is 19.3 Å². The predicted octanol–water partition coefficient (Wildman–Crippen LogP) is 2.87. The first-order chi connectivity index (χ1) is 8.84. The molecular formula is C16H29ClN2O. The van der Waals surface area contributed by atoms with Gasteiger partial charge < -0.3 is 11.1 Å². The Hall–Kier alpha value is -0.280. The molecule has 3 rings (SSSR count). The number of hydrogen-bond donors (Lipinski definition) is 2. The zero-order valence-corrected chi connectivity index (χ0v) is 13.8. The molecule has 0 spiro atoms. The van der Waals surface area contributed by atoms with Crippen LogP contribution >= 0.6 is 12.4 Å². The normalized spacial score (nSPS) is 45.2. The lowest BCUT2D eigenvalue weighted by Gasteiger charge is -2.39. The van der Waals surface area contributed by atoms with E-state index < -0.39 is 0 Å². The number of amides is 1. The Bertz CT molecular complexity index is 398. The van der Waals surface area contributed by atoms with Crippen molar-refractivity contribution in [3.05, 3.63) is 0 Å². The molecule has 0 aromatic rings.